The number of aromatic nitrogens is 3. The molecule has 13 heavy (non-hydrogen) atoms. The Morgan fingerprint density at radius 2 is 2.08 bits per heavy atom. The molecule has 0 aliphatic carbocycles. The smallest absolute Gasteiger partial charge is 0.146 e. The Labute approximate surface area is 79.4 Å². The first-order valence-electron chi connectivity index (χ1n) is 4.89. The number of aryl methyl sites for hydroxylation is 1. The molecule has 0 radical (unpaired) electrons. The van der Waals surface area contributed by atoms with E-state index in [0.29, 0.717) is 0 Å². The molecular weight excluding hydrogens is 164 g/mol. The predicted octanol–water partition coefficient (Wildman–Crippen LogP) is 1.11. The highest BCUT2D eigenvalue weighted by Crippen LogP contribution is 1.99. The van der Waals surface area contributed by atoms with Gasteiger partial charge in [-0.05, 0) is 26.8 Å². The molecular formula is C9H18N4. The summed E-state index contributed by atoms with van der Waals surface area (Å²) in [7, 11) is 0. The molecule has 0 fully saturated rings. The van der Waals surface area contributed by atoms with Gasteiger partial charge in [0.25, 0.3) is 0 Å². The van der Waals surface area contributed by atoms with Crippen molar-refractivity contribution in [1.29, 1.82) is 0 Å². The summed E-state index contributed by atoms with van der Waals surface area (Å²) in [5.41, 5.74) is 0. The van der Waals surface area contributed by atoms with Crippen molar-refractivity contribution in [3.8, 4) is 0 Å². The second kappa shape index (κ2) is 4.97. The third-order valence-corrected chi connectivity index (χ3v) is 2.04. The van der Waals surface area contributed by atoms with Gasteiger partial charge in [-0.15, -0.1) is 10.2 Å². The zero-order valence-electron chi connectivity index (χ0n) is 8.67. The molecule has 1 heterocycles. The number of rotatable bonds is 5. The lowest BCUT2D eigenvalue weighted by Gasteiger charge is -2.05. The molecule has 0 unspecified atom stereocenters. The molecule has 74 valence electrons. The Bertz CT molecular complexity index is 254. The van der Waals surface area contributed by atoms with Gasteiger partial charge in [0.2, 0.25) is 0 Å². The maximum absolute atomic E-state index is 4.11. The molecule has 0 aliphatic heterocycles. The third-order valence-electron chi connectivity index (χ3n) is 2.04. The first-order chi connectivity index (χ1) is 6.29. The summed E-state index contributed by atoms with van der Waals surface area (Å²) in [5.74, 6) is 2.03. The van der Waals surface area contributed by atoms with Crippen LogP contribution in [0.15, 0.2) is 0 Å². The largest absolute Gasteiger partial charge is 0.314 e. The minimum atomic E-state index is 0.822. The highest BCUT2D eigenvalue weighted by molar-refractivity contribution is 4.93. The second-order valence-corrected chi connectivity index (χ2v) is 3.08. The first-order valence-corrected chi connectivity index (χ1v) is 4.89. The summed E-state index contributed by atoms with van der Waals surface area (Å²) in [6, 6.07) is 0. The van der Waals surface area contributed by atoms with Crippen LogP contribution in [0.4, 0.5) is 0 Å². The molecule has 0 bridgehead atoms. The van der Waals surface area contributed by atoms with Gasteiger partial charge in [-0.25, -0.2) is 0 Å². The van der Waals surface area contributed by atoms with Crippen LogP contribution < -0.4 is 5.32 Å². The van der Waals surface area contributed by atoms with Crippen molar-refractivity contribution in [1.82, 2.24) is 20.1 Å². The fraction of sp³-hybridized carbons (Fsp3) is 0.778. The van der Waals surface area contributed by atoms with Crippen molar-refractivity contribution in [2.75, 3.05) is 6.54 Å². The van der Waals surface area contributed by atoms with Gasteiger partial charge in [0.1, 0.15) is 11.6 Å². The summed E-state index contributed by atoms with van der Waals surface area (Å²) >= 11 is 0. The van der Waals surface area contributed by atoms with Gasteiger partial charge in [-0.1, -0.05) is 6.92 Å². The number of hydrogen-bond acceptors (Lipinski definition) is 3. The lowest BCUT2D eigenvalue weighted by Crippen LogP contribution is -2.17. The lowest BCUT2D eigenvalue weighted by atomic mass is 10.4. The minimum Gasteiger partial charge on any atom is -0.314 e. The quantitative estimate of drug-likeness (QED) is 0.694. The van der Waals surface area contributed by atoms with Gasteiger partial charge < -0.3 is 9.88 Å². The normalized spacial score (nSPS) is 10.7. The number of nitrogens with one attached hydrogen (secondary N) is 1. The Morgan fingerprint density at radius 3 is 2.69 bits per heavy atom. The highest BCUT2D eigenvalue weighted by atomic mass is 15.3. The molecule has 0 spiro atoms. The van der Waals surface area contributed by atoms with E-state index in [0.717, 1.165) is 37.7 Å². The average molecular weight is 182 g/mol. The van der Waals surface area contributed by atoms with E-state index in [9.17, 15) is 0 Å². The van der Waals surface area contributed by atoms with E-state index in [2.05, 4.69) is 33.9 Å². The van der Waals surface area contributed by atoms with Crippen molar-refractivity contribution < 1.29 is 0 Å². The molecule has 4 nitrogen and oxygen atoms in total. The summed E-state index contributed by atoms with van der Waals surface area (Å²) in [4.78, 5) is 0. The maximum atomic E-state index is 4.11. The molecule has 1 aromatic rings. The van der Waals surface area contributed by atoms with Gasteiger partial charge in [0, 0.05) is 6.54 Å². The van der Waals surface area contributed by atoms with E-state index in [-0.39, 0.29) is 0 Å². The van der Waals surface area contributed by atoms with E-state index in [1.165, 1.54) is 0 Å². The summed E-state index contributed by atoms with van der Waals surface area (Å²) in [6.07, 6.45) is 1.15. The van der Waals surface area contributed by atoms with E-state index >= 15 is 0 Å². The van der Waals surface area contributed by atoms with Gasteiger partial charge >= 0.3 is 0 Å². The molecule has 0 saturated carbocycles. The molecule has 1 aromatic heterocycles. The van der Waals surface area contributed by atoms with E-state index in [4.69, 9.17) is 0 Å². The highest BCUT2D eigenvalue weighted by Gasteiger charge is 2.04. The van der Waals surface area contributed by atoms with Crippen LogP contribution in [0.5, 0.6) is 0 Å². The fourth-order valence-corrected chi connectivity index (χ4v) is 1.34. The summed E-state index contributed by atoms with van der Waals surface area (Å²) < 4.78 is 2.13. The monoisotopic (exact) mass is 182 g/mol. The zero-order valence-corrected chi connectivity index (χ0v) is 8.67. The Balaban J connectivity index is 2.55. The van der Waals surface area contributed by atoms with Crippen LogP contribution in [0.1, 0.15) is 31.9 Å². The molecule has 0 atom stereocenters. The van der Waals surface area contributed by atoms with Crippen LogP contribution in [-0.4, -0.2) is 21.3 Å². The zero-order chi connectivity index (χ0) is 9.68. The van der Waals surface area contributed by atoms with Crippen molar-refractivity contribution in [3.05, 3.63) is 11.6 Å². The molecule has 0 aliphatic rings. The SMILES string of the molecule is CCCNCc1nnc(C)n1CC. The van der Waals surface area contributed by atoms with Gasteiger partial charge in [-0.3, -0.25) is 0 Å². The predicted molar refractivity (Wildman–Crippen MR) is 52.4 cm³/mol. The van der Waals surface area contributed by atoms with Crippen LogP contribution in [0.25, 0.3) is 0 Å². The van der Waals surface area contributed by atoms with E-state index < -0.39 is 0 Å². The summed E-state index contributed by atoms with van der Waals surface area (Å²) in [5, 5.41) is 11.5. The third kappa shape index (κ3) is 2.52. The van der Waals surface area contributed by atoms with Gasteiger partial charge in [-0.2, -0.15) is 0 Å². The average Bonchev–Trinajstić information content (AvgIpc) is 2.47. The standard InChI is InChI=1S/C9H18N4/c1-4-6-10-7-9-12-11-8(3)13(9)5-2/h10H,4-7H2,1-3H3. The van der Waals surface area contributed by atoms with E-state index in [1.807, 2.05) is 6.92 Å². The molecule has 0 saturated heterocycles. The molecule has 1 rings (SSSR count). The first kappa shape index (κ1) is 10.2. The van der Waals surface area contributed by atoms with Crippen LogP contribution in [0.2, 0.25) is 0 Å². The van der Waals surface area contributed by atoms with Crippen LogP contribution >= 0.6 is 0 Å². The van der Waals surface area contributed by atoms with Crippen LogP contribution in [-0.2, 0) is 13.1 Å². The fourth-order valence-electron chi connectivity index (χ4n) is 1.34. The Kier molecular flexibility index (Phi) is 3.89. The van der Waals surface area contributed by atoms with Crippen molar-refractivity contribution in [2.24, 2.45) is 0 Å². The van der Waals surface area contributed by atoms with Gasteiger partial charge in [0.15, 0.2) is 0 Å². The van der Waals surface area contributed by atoms with Crippen molar-refractivity contribution >= 4 is 0 Å². The van der Waals surface area contributed by atoms with Crippen molar-refractivity contribution in [2.45, 2.75) is 40.3 Å². The van der Waals surface area contributed by atoms with Gasteiger partial charge in [0.05, 0.1) is 6.54 Å². The Morgan fingerprint density at radius 1 is 1.31 bits per heavy atom. The lowest BCUT2D eigenvalue weighted by molar-refractivity contribution is 0.602. The van der Waals surface area contributed by atoms with Crippen LogP contribution in [0, 0.1) is 6.92 Å². The molecule has 1 N–H and O–H groups in total. The molecule has 0 aromatic carbocycles. The van der Waals surface area contributed by atoms with Crippen molar-refractivity contribution in [3.63, 3.8) is 0 Å². The molecule has 0 amide bonds. The Hall–Kier alpha value is -0.900. The molecule has 4 heteroatoms. The number of nitrogens with zero attached hydrogens (tertiary/aromatic N) is 3. The van der Waals surface area contributed by atoms with E-state index in [1.54, 1.807) is 0 Å². The number of hydrogen-bond donors (Lipinski definition) is 1. The second-order valence-electron chi connectivity index (χ2n) is 3.08. The topological polar surface area (TPSA) is 42.7 Å². The maximum Gasteiger partial charge on any atom is 0.146 e. The summed E-state index contributed by atoms with van der Waals surface area (Å²) in [6.45, 7) is 9.06. The van der Waals surface area contributed by atoms with Crippen LogP contribution in [0.3, 0.4) is 0 Å². The minimum absolute atomic E-state index is 0.822.